The van der Waals surface area contributed by atoms with Gasteiger partial charge in [0.25, 0.3) is 5.91 Å². The van der Waals surface area contributed by atoms with Crippen LogP contribution in [0.25, 0.3) is 0 Å². The van der Waals surface area contributed by atoms with Crippen LogP contribution in [-0.4, -0.2) is 33.7 Å². The molecule has 0 spiro atoms. The largest absolute Gasteiger partial charge is 0.350 e. The van der Waals surface area contributed by atoms with Crippen LogP contribution >= 0.6 is 0 Å². The highest BCUT2D eigenvalue weighted by atomic mass is 32.2. The van der Waals surface area contributed by atoms with E-state index < -0.39 is 10.0 Å². The summed E-state index contributed by atoms with van der Waals surface area (Å²) in [5, 5.41) is 2.78. The fraction of sp³-hybridized carbons (Fsp3) is 0.350. The molecule has 2 aromatic carbocycles. The number of carbonyl (C=O) groups is 1. The van der Waals surface area contributed by atoms with E-state index in [1.54, 1.807) is 24.3 Å². The molecule has 0 fully saturated rings. The van der Waals surface area contributed by atoms with Crippen LogP contribution in [0.1, 0.15) is 41.3 Å². The summed E-state index contributed by atoms with van der Waals surface area (Å²) in [5.41, 5.74) is 3.31. The van der Waals surface area contributed by atoms with E-state index in [0.29, 0.717) is 17.2 Å². The van der Waals surface area contributed by atoms with Crippen molar-refractivity contribution in [3.63, 3.8) is 0 Å². The number of anilines is 1. The third kappa shape index (κ3) is 5.33. The van der Waals surface area contributed by atoms with Gasteiger partial charge in [0.2, 0.25) is 10.0 Å². The molecule has 0 heterocycles. The molecule has 0 aromatic heterocycles. The molecule has 0 bridgehead atoms. The van der Waals surface area contributed by atoms with E-state index in [9.17, 15) is 13.2 Å². The monoisotopic (exact) mass is 374 g/mol. The number of rotatable bonds is 7. The summed E-state index contributed by atoms with van der Waals surface area (Å²) in [6.45, 7) is 6.50. The Hall–Kier alpha value is -2.34. The maximum absolute atomic E-state index is 12.2. The first kappa shape index (κ1) is 20.0. The summed E-state index contributed by atoms with van der Waals surface area (Å²) in [4.78, 5) is 12.2. The van der Waals surface area contributed by atoms with Gasteiger partial charge in [0.05, 0.1) is 18.5 Å². The van der Waals surface area contributed by atoms with Gasteiger partial charge in [-0.05, 0) is 42.7 Å². The van der Waals surface area contributed by atoms with E-state index >= 15 is 0 Å². The van der Waals surface area contributed by atoms with Crippen molar-refractivity contribution in [2.75, 3.05) is 23.7 Å². The zero-order chi connectivity index (χ0) is 19.3. The Bertz CT molecular complexity index is 859. The Labute approximate surface area is 156 Å². The van der Waals surface area contributed by atoms with Gasteiger partial charge in [-0.2, -0.15) is 0 Å². The predicted molar refractivity (Wildman–Crippen MR) is 106 cm³/mol. The lowest BCUT2D eigenvalue weighted by Gasteiger charge is -2.23. The third-order valence-corrected chi connectivity index (χ3v) is 5.32. The zero-order valence-electron chi connectivity index (χ0n) is 15.7. The van der Waals surface area contributed by atoms with E-state index in [1.165, 1.54) is 10.6 Å². The van der Waals surface area contributed by atoms with E-state index in [4.69, 9.17) is 0 Å². The molecule has 6 heteroatoms. The van der Waals surface area contributed by atoms with Crippen molar-refractivity contribution in [2.24, 2.45) is 0 Å². The molecule has 2 rings (SSSR count). The van der Waals surface area contributed by atoms with Gasteiger partial charge in [-0.1, -0.05) is 43.7 Å². The molecule has 0 radical (unpaired) electrons. The first-order chi connectivity index (χ1) is 12.2. The highest BCUT2D eigenvalue weighted by Crippen LogP contribution is 2.21. The number of aryl methyl sites for hydroxylation is 1. The summed E-state index contributed by atoms with van der Waals surface area (Å²) in [6, 6.07) is 14.8. The molecule has 0 saturated carbocycles. The maximum atomic E-state index is 12.2. The number of nitrogens with zero attached hydrogens (tertiary/aromatic N) is 1. The fourth-order valence-electron chi connectivity index (χ4n) is 2.67. The van der Waals surface area contributed by atoms with Crippen molar-refractivity contribution in [2.45, 2.75) is 26.7 Å². The number of hydrogen-bond acceptors (Lipinski definition) is 3. The van der Waals surface area contributed by atoms with Crippen molar-refractivity contribution in [1.29, 1.82) is 0 Å². The second-order valence-corrected chi connectivity index (χ2v) is 8.61. The average Bonchev–Trinajstić information content (AvgIpc) is 2.57. The Morgan fingerprint density at radius 2 is 1.77 bits per heavy atom. The van der Waals surface area contributed by atoms with Crippen LogP contribution in [0.3, 0.4) is 0 Å². The lowest BCUT2D eigenvalue weighted by molar-refractivity contribution is 0.0954. The first-order valence-electron chi connectivity index (χ1n) is 8.61. The molecule has 0 aliphatic rings. The molecule has 0 aliphatic heterocycles. The van der Waals surface area contributed by atoms with E-state index in [-0.39, 0.29) is 19.0 Å². The predicted octanol–water partition coefficient (Wildman–Crippen LogP) is 3.31. The third-order valence-electron chi connectivity index (χ3n) is 4.13. The van der Waals surface area contributed by atoms with Crippen LogP contribution in [0.4, 0.5) is 5.69 Å². The van der Waals surface area contributed by atoms with E-state index in [2.05, 4.69) is 19.2 Å². The van der Waals surface area contributed by atoms with Gasteiger partial charge < -0.3 is 5.32 Å². The van der Waals surface area contributed by atoms with Gasteiger partial charge >= 0.3 is 0 Å². The van der Waals surface area contributed by atoms with Gasteiger partial charge in [-0.3, -0.25) is 9.10 Å². The fourth-order valence-corrected chi connectivity index (χ4v) is 3.60. The van der Waals surface area contributed by atoms with Crippen molar-refractivity contribution in [3.05, 3.63) is 65.2 Å². The molecular weight excluding hydrogens is 348 g/mol. The van der Waals surface area contributed by atoms with E-state index in [1.807, 2.05) is 31.2 Å². The van der Waals surface area contributed by atoms with Crippen molar-refractivity contribution >= 4 is 21.6 Å². The zero-order valence-corrected chi connectivity index (χ0v) is 16.5. The summed E-state index contributed by atoms with van der Waals surface area (Å²) < 4.78 is 25.6. The number of amides is 1. The Kier molecular flexibility index (Phi) is 6.42. The van der Waals surface area contributed by atoms with Gasteiger partial charge in [0.1, 0.15) is 0 Å². The molecule has 0 aliphatic carbocycles. The Morgan fingerprint density at radius 3 is 2.31 bits per heavy atom. The van der Waals surface area contributed by atoms with Gasteiger partial charge in [-0.15, -0.1) is 0 Å². The summed E-state index contributed by atoms with van der Waals surface area (Å²) in [5.74, 6) is 0.168. The minimum atomic E-state index is -3.44. The highest BCUT2D eigenvalue weighted by molar-refractivity contribution is 7.92. The molecule has 0 unspecified atom stereocenters. The van der Waals surface area contributed by atoms with Gasteiger partial charge in [0, 0.05) is 12.1 Å². The van der Waals surface area contributed by atoms with Crippen LogP contribution in [0, 0.1) is 6.92 Å². The smallest absolute Gasteiger partial charge is 0.251 e. The van der Waals surface area contributed by atoms with Crippen LogP contribution in [-0.2, 0) is 10.0 Å². The number of hydrogen-bond donors (Lipinski definition) is 1. The van der Waals surface area contributed by atoms with Crippen LogP contribution in [0.2, 0.25) is 0 Å². The molecular formula is C20H26N2O3S. The second-order valence-electron chi connectivity index (χ2n) is 6.71. The number of nitrogens with one attached hydrogen (secondary N) is 1. The SMILES string of the molecule is Cc1cccc(C(=O)NCCN(c2ccc(C(C)C)cc2)S(C)(=O)=O)c1. The molecule has 0 atom stereocenters. The van der Waals surface area contributed by atoms with E-state index in [0.717, 1.165) is 11.1 Å². The van der Waals surface area contributed by atoms with Crippen LogP contribution in [0.15, 0.2) is 48.5 Å². The van der Waals surface area contributed by atoms with Gasteiger partial charge in [0.15, 0.2) is 0 Å². The quantitative estimate of drug-likeness (QED) is 0.808. The minimum Gasteiger partial charge on any atom is -0.350 e. The van der Waals surface area contributed by atoms with Crippen LogP contribution in [0.5, 0.6) is 0 Å². The van der Waals surface area contributed by atoms with Crippen molar-refractivity contribution < 1.29 is 13.2 Å². The molecule has 1 amide bonds. The molecule has 0 saturated heterocycles. The minimum absolute atomic E-state index is 0.178. The average molecular weight is 375 g/mol. The normalized spacial score (nSPS) is 11.4. The lowest BCUT2D eigenvalue weighted by Crippen LogP contribution is -2.38. The Balaban J connectivity index is 2.06. The molecule has 1 N–H and O–H groups in total. The number of benzene rings is 2. The standard InChI is InChI=1S/C20H26N2O3S/c1-15(2)17-8-10-19(11-9-17)22(26(4,24)25)13-12-21-20(23)18-7-5-6-16(3)14-18/h5-11,14-15H,12-13H2,1-4H3,(H,21,23). The Morgan fingerprint density at radius 1 is 1.12 bits per heavy atom. The first-order valence-corrected chi connectivity index (χ1v) is 10.5. The maximum Gasteiger partial charge on any atom is 0.251 e. The molecule has 26 heavy (non-hydrogen) atoms. The summed E-state index contributed by atoms with van der Waals surface area (Å²) in [6.07, 6.45) is 1.17. The second kappa shape index (κ2) is 8.36. The van der Waals surface area contributed by atoms with Crippen molar-refractivity contribution in [3.8, 4) is 0 Å². The topological polar surface area (TPSA) is 66.5 Å². The summed E-state index contributed by atoms with van der Waals surface area (Å²) >= 11 is 0. The summed E-state index contributed by atoms with van der Waals surface area (Å²) in [7, 11) is -3.44. The highest BCUT2D eigenvalue weighted by Gasteiger charge is 2.17. The molecule has 5 nitrogen and oxygen atoms in total. The van der Waals surface area contributed by atoms with Crippen LogP contribution < -0.4 is 9.62 Å². The van der Waals surface area contributed by atoms with Gasteiger partial charge in [-0.25, -0.2) is 8.42 Å². The van der Waals surface area contributed by atoms with Crippen molar-refractivity contribution in [1.82, 2.24) is 5.32 Å². The number of sulfonamides is 1. The lowest BCUT2D eigenvalue weighted by atomic mass is 10.0. The molecule has 2 aromatic rings. The molecule has 140 valence electrons. The number of carbonyl (C=O) groups excluding carboxylic acids is 1.